The molecule has 1 saturated carbocycles. The van der Waals surface area contributed by atoms with Crippen LogP contribution in [0.4, 0.5) is 10.3 Å². The standard InChI is InChI=1S/C14H14FN3O/c1-19-13-6-7-16-14(18-13)17-12-8-11(12)9-2-4-10(15)5-3-9/h2-7,11-12H,8H2,1H3,(H,16,17,18)/t11-,12+/m0/s1. The van der Waals surface area contributed by atoms with Crippen LogP contribution in [0.1, 0.15) is 17.9 Å². The zero-order chi connectivity index (χ0) is 13.2. The summed E-state index contributed by atoms with van der Waals surface area (Å²) in [7, 11) is 1.57. The summed E-state index contributed by atoms with van der Waals surface area (Å²) >= 11 is 0. The van der Waals surface area contributed by atoms with Crippen LogP contribution >= 0.6 is 0 Å². The minimum atomic E-state index is -0.204. The molecule has 19 heavy (non-hydrogen) atoms. The van der Waals surface area contributed by atoms with E-state index in [1.807, 2.05) is 12.1 Å². The first-order valence-corrected chi connectivity index (χ1v) is 6.15. The third-order valence-corrected chi connectivity index (χ3v) is 3.24. The van der Waals surface area contributed by atoms with E-state index in [4.69, 9.17) is 4.74 Å². The second-order valence-corrected chi connectivity index (χ2v) is 4.57. The van der Waals surface area contributed by atoms with Crippen LogP contribution in [-0.2, 0) is 0 Å². The van der Waals surface area contributed by atoms with Gasteiger partial charge in [0.15, 0.2) is 0 Å². The molecule has 1 heterocycles. The monoisotopic (exact) mass is 259 g/mol. The number of methoxy groups -OCH3 is 1. The van der Waals surface area contributed by atoms with Crippen molar-refractivity contribution in [2.24, 2.45) is 0 Å². The fourth-order valence-corrected chi connectivity index (χ4v) is 2.12. The van der Waals surface area contributed by atoms with E-state index in [9.17, 15) is 4.39 Å². The van der Waals surface area contributed by atoms with Crippen LogP contribution in [0.15, 0.2) is 36.5 Å². The second-order valence-electron chi connectivity index (χ2n) is 4.57. The Morgan fingerprint density at radius 3 is 2.79 bits per heavy atom. The second kappa shape index (κ2) is 4.84. The molecule has 4 nitrogen and oxygen atoms in total. The molecule has 0 saturated heterocycles. The maximum atomic E-state index is 12.8. The zero-order valence-electron chi connectivity index (χ0n) is 10.5. The van der Waals surface area contributed by atoms with E-state index in [-0.39, 0.29) is 5.82 Å². The number of nitrogens with one attached hydrogen (secondary N) is 1. The summed E-state index contributed by atoms with van der Waals surface area (Å²) < 4.78 is 17.9. The van der Waals surface area contributed by atoms with Crippen LogP contribution in [0.25, 0.3) is 0 Å². The average molecular weight is 259 g/mol. The van der Waals surface area contributed by atoms with Crippen molar-refractivity contribution < 1.29 is 9.13 Å². The molecule has 0 amide bonds. The van der Waals surface area contributed by atoms with Gasteiger partial charge in [-0.25, -0.2) is 9.37 Å². The molecule has 0 radical (unpaired) electrons. The molecule has 1 fully saturated rings. The highest BCUT2D eigenvalue weighted by Crippen LogP contribution is 2.42. The maximum Gasteiger partial charge on any atom is 0.226 e. The van der Waals surface area contributed by atoms with Crippen LogP contribution in [0, 0.1) is 5.82 Å². The van der Waals surface area contributed by atoms with Crippen molar-refractivity contribution in [3.8, 4) is 5.88 Å². The summed E-state index contributed by atoms with van der Waals surface area (Å²) in [6, 6.07) is 8.65. The lowest BCUT2D eigenvalue weighted by molar-refractivity contribution is 0.397. The Hall–Kier alpha value is -2.17. The number of ether oxygens (including phenoxy) is 1. The van der Waals surface area contributed by atoms with Crippen molar-refractivity contribution in [3.05, 3.63) is 47.9 Å². The summed E-state index contributed by atoms with van der Waals surface area (Å²) in [5.74, 6) is 1.30. The molecule has 1 aliphatic carbocycles. The predicted octanol–water partition coefficient (Wildman–Crippen LogP) is 2.59. The van der Waals surface area contributed by atoms with Crippen molar-refractivity contribution in [2.75, 3.05) is 12.4 Å². The average Bonchev–Trinajstić information content (AvgIpc) is 3.19. The molecule has 98 valence electrons. The van der Waals surface area contributed by atoms with Crippen LogP contribution < -0.4 is 10.1 Å². The Morgan fingerprint density at radius 2 is 2.05 bits per heavy atom. The number of hydrogen-bond acceptors (Lipinski definition) is 4. The molecule has 3 rings (SSSR count). The van der Waals surface area contributed by atoms with Gasteiger partial charge in [-0.05, 0) is 24.1 Å². The number of hydrogen-bond donors (Lipinski definition) is 1. The minimum absolute atomic E-state index is 0.204. The minimum Gasteiger partial charge on any atom is -0.481 e. The van der Waals surface area contributed by atoms with E-state index in [2.05, 4.69) is 15.3 Å². The molecule has 0 bridgehead atoms. The molecule has 2 aromatic rings. The summed E-state index contributed by atoms with van der Waals surface area (Å²) in [6.45, 7) is 0. The fourth-order valence-electron chi connectivity index (χ4n) is 2.12. The van der Waals surface area contributed by atoms with Crippen molar-refractivity contribution in [1.82, 2.24) is 9.97 Å². The Kier molecular flexibility index (Phi) is 3.03. The molecule has 1 aromatic heterocycles. The van der Waals surface area contributed by atoms with Crippen LogP contribution in [-0.4, -0.2) is 23.1 Å². The molecule has 0 spiro atoms. The zero-order valence-corrected chi connectivity index (χ0v) is 10.5. The topological polar surface area (TPSA) is 47.0 Å². The van der Waals surface area contributed by atoms with E-state index in [0.717, 1.165) is 12.0 Å². The molecular weight excluding hydrogens is 245 g/mol. The normalized spacial score (nSPS) is 20.9. The lowest BCUT2D eigenvalue weighted by Crippen LogP contribution is -2.08. The number of nitrogens with zero attached hydrogens (tertiary/aromatic N) is 2. The van der Waals surface area contributed by atoms with Gasteiger partial charge in [0, 0.05) is 24.2 Å². The number of benzene rings is 1. The first kappa shape index (κ1) is 11.9. The Bertz CT molecular complexity index is 573. The quantitative estimate of drug-likeness (QED) is 0.916. The van der Waals surface area contributed by atoms with E-state index >= 15 is 0 Å². The van der Waals surface area contributed by atoms with Gasteiger partial charge >= 0.3 is 0 Å². The van der Waals surface area contributed by atoms with Crippen molar-refractivity contribution in [2.45, 2.75) is 18.4 Å². The van der Waals surface area contributed by atoms with Gasteiger partial charge in [-0.2, -0.15) is 4.98 Å². The Morgan fingerprint density at radius 1 is 1.26 bits per heavy atom. The van der Waals surface area contributed by atoms with Crippen molar-refractivity contribution in [3.63, 3.8) is 0 Å². The predicted molar refractivity (Wildman–Crippen MR) is 69.8 cm³/mol. The fraction of sp³-hybridized carbons (Fsp3) is 0.286. The Labute approximate surface area is 110 Å². The first-order valence-electron chi connectivity index (χ1n) is 6.15. The smallest absolute Gasteiger partial charge is 0.226 e. The van der Waals surface area contributed by atoms with Gasteiger partial charge in [-0.1, -0.05) is 12.1 Å². The number of rotatable bonds is 4. The van der Waals surface area contributed by atoms with Crippen LogP contribution in [0.2, 0.25) is 0 Å². The number of aromatic nitrogens is 2. The molecule has 1 N–H and O–H groups in total. The highest BCUT2D eigenvalue weighted by molar-refractivity contribution is 5.38. The molecule has 0 unspecified atom stereocenters. The van der Waals surface area contributed by atoms with Gasteiger partial charge < -0.3 is 10.1 Å². The third kappa shape index (κ3) is 2.65. The number of anilines is 1. The maximum absolute atomic E-state index is 12.8. The van der Waals surface area contributed by atoms with Crippen molar-refractivity contribution >= 4 is 5.95 Å². The Balaban J connectivity index is 1.65. The van der Waals surface area contributed by atoms with E-state index in [0.29, 0.717) is 23.8 Å². The van der Waals surface area contributed by atoms with E-state index in [1.54, 1.807) is 19.4 Å². The molecule has 1 aromatic carbocycles. The SMILES string of the molecule is COc1ccnc(N[C@@H]2C[C@H]2c2ccc(F)cc2)n1. The summed E-state index contributed by atoms with van der Waals surface area (Å²) in [5, 5.41) is 3.26. The van der Waals surface area contributed by atoms with Gasteiger partial charge in [-0.15, -0.1) is 0 Å². The molecular formula is C14H14FN3O. The van der Waals surface area contributed by atoms with Gasteiger partial charge in [0.2, 0.25) is 11.8 Å². The first-order chi connectivity index (χ1) is 9.26. The van der Waals surface area contributed by atoms with E-state index < -0.39 is 0 Å². The third-order valence-electron chi connectivity index (χ3n) is 3.24. The van der Waals surface area contributed by atoms with E-state index in [1.165, 1.54) is 12.1 Å². The summed E-state index contributed by atoms with van der Waals surface area (Å²) in [6.07, 6.45) is 2.66. The van der Waals surface area contributed by atoms with Crippen LogP contribution in [0.5, 0.6) is 5.88 Å². The molecule has 0 aliphatic heterocycles. The molecule has 2 atom stereocenters. The summed E-state index contributed by atoms with van der Waals surface area (Å²) in [5.41, 5.74) is 1.14. The van der Waals surface area contributed by atoms with Gasteiger partial charge in [0.05, 0.1) is 7.11 Å². The van der Waals surface area contributed by atoms with Gasteiger partial charge in [0.25, 0.3) is 0 Å². The van der Waals surface area contributed by atoms with Crippen molar-refractivity contribution in [1.29, 1.82) is 0 Å². The van der Waals surface area contributed by atoms with Crippen LogP contribution in [0.3, 0.4) is 0 Å². The summed E-state index contributed by atoms with van der Waals surface area (Å²) in [4.78, 5) is 8.36. The number of halogens is 1. The highest BCUT2D eigenvalue weighted by Gasteiger charge is 2.38. The lowest BCUT2D eigenvalue weighted by atomic mass is 10.1. The highest BCUT2D eigenvalue weighted by atomic mass is 19.1. The lowest BCUT2D eigenvalue weighted by Gasteiger charge is -2.05. The largest absolute Gasteiger partial charge is 0.481 e. The van der Waals surface area contributed by atoms with Gasteiger partial charge in [0.1, 0.15) is 5.82 Å². The molecule has 5 heteroatoms. The van der Waals surface area contributed by atoms with Gasteiger partial charge in [-0.3, -0.25) is 0 Å². The molecule has 1 aliphatic rings.